The molecule has 0 radical (unpaired) electrons. The van der Waals surface area contributed by atoms with Gasteiger partial charge >= 0.3 is 12.3 Å². The van der Waals surface area contributed by atoms with Crippen molar-refractivity contribution in [3.63, 3.8) is 0 Å². The normalized spacial score (nSPS) is 13.7. The molecule has 3 aromatic rings. The fourth-order valence-corrected chi connectivity index (χ4v) is 2.47. The van der Waals surface area contributed by atoms with Crippen molar-refractivity contribution in [2.24, 2.45) is 0 Å². The minimum atomic E-state index is -4.70. The molecule has 0 aliphatic rings. The Morgan fingerprint density at radius 1 is 1.07 bits per heavy atom. The Labute approximate surface area is 159 Å². The molecule has 0 spiro atoms. The van der Waals surface area contributed by atoms with E-state index >= 15 is 0 Å². The summed E-state index contributed by atoms with van der Waals surface area (Å²) in [5.74, 6) is -2.84. The van der Waals surface area contributed by atoms with Gasteiger partial charge in [-0.05, 0) is 19.9 Å². The standard InChI is InChI=1S/C16H13F6N5O2/c1-7-12(23-6-11-25-26-14(27(7)11)16(21,22)28-3)9-4-10(17)13(24-5-9)29-8(2)15(18,19)20/h4-6,8H,1-3H3/t8-/m1/s1. The number of hydrogen-bond donors (Lipinski definition) is 0. The number of alkyl halides is 5. The van der Waals surface area contributed by atoms with Crippen LogP contribution in [-0.4, -0.2) is 44.0 Å². The van der Waals surface area contributed by atoms with Gasteiger partial charge in [0.2, 0.25) is 5.82 Å². The average molecular weight is 421 g/mol. The van der Waals surface area contributed by atoms with Crippen molar-refractivity contribution < 1.29 is 35.8 Å². The molecule has 13 heteroatoms. The second-order valence-electron chi connectivity index (χ2n) is 5.94. The lowest BCUT2D eigenvalue weighted by Crippen LogP contribution is -2.31. The van der Waals surface area contributed by atoms with Crippen LogP contribution in [0.4, 0.5) is 26.3 Å². The molecule has 29 heavy (non-hydrogen) atoms. The third-order valence-electron chi connectivity index (χ3n) is 4.02. The maximum Gasteiger partial charge on any atom is 0.425 e. The molecule has 0 saturated heterocycles. The molecular weight excluding hydrogens is 408 g/mol. The molecule has 3 heterocycles. The van der Waals surface area contributed by atoms with Crippen molar-refractivity contribution in [3.8, 4) is 17.1 Å². The largest absolute Gasteiger partial charge is 0.463 e. The van der Waals surface area contributed by atoms with Crippen LogP contribution in [-0.2, 0) is 10.8 Å². The molecule has 0 N–H and O–H groups in total. The highest BCUT2D eigenvalue weighted by Crippen LogP contribution is 2.31. The Balaban J connectivity index is 2.04. The molecule has 7 nitrogen and oxygen atoms in total. The van der Waals surface area contributed by atoms with Crippen LogP contribution in [0.1, 0.15) is 18.4 Å². The number of pyridine rings is 1. The summed E-state index contributed by atoms with van der Waals surface area (Å²) >= 11 is 0. The lowest BCUT2D eigenvalue weighted by molar-refractivity contribution is -0.237. The van der Waals surface area contributed by atoms with Crippen molar-refractivity contribution in [1.29, 1.82) is 0 Å². The van der Waals surface area contributed by atoms with Crippen molar-refractivity contribution in [3.05, 3.63) is 35.8 Å². The fraction of sp³-hybridized carbons (Fsp3) is 0.375. The van der Waals surface area contributed by atoms with E-state index in [0.29, 0.717) is 6.92 Å². The Kier molecular flexibility index (Phi) is 5.11. The summed E-state index contributed by atoms with van der Waals surface area (Å²) < 4.78 is 89.5. The molecule has 156 valence electrons. The Hall–Kier alpha value is -2.96. The van der Waals surface area contributed by atoms with Gasteiger partial charge in [0.05, 0.1) is 11.9 Å². The third kappa shape index (κ3) is 3.81. The third-order valence-corrected chi connectivity index (χ3v) is 4.02. The molecule has 0 bridgehead atoms. The summed E-state index contributed by atoms with van der Waals surface area (Å²) in [5, 5.41) is 6.99. The van der Waals surface area contributed by atoms with Crippen LogP contribution in [0.5, 0.6) is 5.88 Å². The summed E-state index contributed by atoms with van der Waals surface area (Å²) in [4.78, 5) is 7.59. The van der Waals surface area contributed by atoms with E-state index in [4.69, 9.17) is 0 Å². The molecule has 0 aliphatic heterocycles. The molecule has 0 fully saturated rings. The maximum absolute atomic E-state index is 14.2. The summed E-state index contributed by atoms with van der Waals surface area (Å²) in [5.41, 5.74) is 0.157. The van der Waals surface area contributed by atoms with Crippen molar-refractivity contribution in [1.82, 2.24) is 24.6 Å². The van der Waals surface area contributed by atoms with Gasteiger partial charge in [0.25, 0.3) is 5.88 Å². The van der Waals surface area contributed by atoms with Gasteiger partial charge in [-0.3, -0.25) is 9.38 Å². The summed E-state index contributed by atoms with van der Waals surface area (Å²) in [6.45, 7) is 2.11. The second kappa shape index (κ2) is 7.13. The summed E-state index contributed by atoms with van der Waals surface area (Å²) in [6, 6.07) is 0.838. The first-order valence-electron chi connectivity index (χ1n) is 7.99. The molecule has 3 aromatic heterocycles. The van der Waals surface area contributed by atoms with E-state index in [-0.39, 0.29) is 22.6 Å². The van der Waals surface area contributed by atoms with Gasteiger partial charge < -0.3 is 9.47 Å². The first-order chi connectivity index (χ1) is 13.5. The van der Waals surface area contributed by atoms with E-state index in [1.54, 1.807) is 0 Å². The van der Waals surface area contributed by atoms with Crippen LogP contribution in [0, 0.1) is 12.7 Å². The lowest BCUT2D eigenvalue weighted by Gasteiger charge is -2.17. The zero-order chi connectivity index (χ0) is 21.6. The smallest absolute Gasteiger partial charge is 0.425 e. The van der Waals surface area contributed by atoms with Gasteiger partial charge in [-0.2, -0.15) is 22.0 Å². The van der Waals surface area contributed by atoms with Crippen LogP contribution in [0.25, 0.3) is 16.9 Å². The van der Waals surface area contributed by atoms with Crippen molar-refractivity contribution in [2.75, 3.05) is 7.11 Å². The van der Waals surface area contributed by atoms with E-state index in [1.165, 1.54) is 6.92 Å². The van der Waals surface area contributed by atoms with Crippen LogP contribution in [0.3, 0.4) is 0 Å². The summed E-state index contributed by atoms with van der Waals surface area (Å²) in [6.07, 6.45) is -8.59. The zero-order valence-electron chi connectivity index (χ0n) is 15.1. The molecule has 0 saturated carbocycles. The highest BCUT2D eigenvalue weighted by Gasteiger charge is 2.39. The first-order valence-corrected chi connectivity index (χ1v) is 7.99. The van der Waals surface area contributed by atoms with Crippen molar-refractivity contribution in [2.45, 2.75) is 32.2 Å². The van der Waals surface area contributed by atoms with E-state index in [0.717, 1.165) is 30.0 Å². The van der Waals surface area contributed by atoms with E-state index in [2.05, 4.69) is 29.6 Å². The summed E-state index contributed by atoms with van der Waals surface area (Å²) in [7, 11) is 0.790. The topological polar surface area (TPSA) is 74.4 Å². The number of methoxy groups -OCH3 is 1. The van der Waals surface area contributed by atoms with Crippen LogP contribution in [0.15, 0.2) is 18.5 Å². The molecule has 0 aromatic carbocycles. The number of hydrogen-bond acceptors (Lipinski definition) is 6. The quantitative estimate of drug-likeness (QED) is 0.586. The number of aromatic nitrogens is 5. The number of aryl methyl sites for hydroxylation is 1. The van der Waals surface area contributed by atoms with Gasteiger partial charge in [0.15, 0.2) is 17.6 Å². The Bertz CT molecular complexity index is 1050. The number of ether oxygens (including phenoxy) is 2. The molecular formula is C16H13F6N5O2. The molecule has 3 rings (SSSR count). The fourth-order valence-electron chi connectivity index (χ4n) is 2.47. The molecule has 1 atom stereocenters. The molecule has 0 aliphatic carbocycles. The number of nitrogens with zero attached hydrogens (tertiary/aromatic N) is 5. The molecule has 0 unspecified atom stereocenters. The minimum absolute atomic E-state index is 0.00892. The predicted molar refractivity (Wildman–Crippen MR) is 85.8 cm³/mol. The maximum atomic E-state index is 14.2. The highest BCUT2D eigenvalue weighted by molar-refractivity contribution is 5.63. The monoisotopic (exact) mass is 421 g/mol. The number of rotatable bonds is 5. The minimum Gasteiger partial charge on any atom is -0.463 e. The molecule has 0 amide bonds. The van der Waals surface area contributed by atoms with Gasteiger partial charge in [-0.1, -0.05) is 0 Å². The first kappa shape index (κ1) is 20.8. The number of fused-ring (bicyclic) bond motifs is 1. The van der Waals surface area contributed by atoms with E-state index in [9.17, 15) is 26.3 Å². The van der Waals surface area contributed by atoms with Crippen LogP contribution in [0.2, 0.25) is 0 Å². The second-order valence-corrected chi connectivity index (χ2v) is 5.94. The Morgan fingerprint density at radius 2 is 1.76 bits per heavy atom. The van der Waals surface area contributed by atoms with Crippen LogP contribution < -0.4 is 4.74 Å². The highest BCUT2D eigenvalue weighted by atomic mass is 19.4. The average Bonchev–Trinajstić information content (AvgIpc) is 3.09. The zero-order valence-corrected chi connectivity index (χ0v) is 15.1. The SMILES string of the molecule is COC(F)(F)c1nnc2cnc(-c3cnc(O[C@H](C)C(F)(F)F)c(F)c3)c(C)n12. The van der Waals surface area contributed by atoms with Crippen LogP contribution >= 0.6 is 0 Å². The van der Waals surface area contributed by atoms with Crippen molar-refractivity contribution >= 4 is 5.65 Å². The predicted octanol–water partition coefficient (Wildman–Crippen LogP) is 3.66. The van der Waals surface area contributed by atoms with E-state index < -0.39 is 35.9 Å². The number of halogens is 6. The van der Waals surface area contributed by atoms with Gasteiger partial charge in [0.1, 0.15) is 0 Å². The van der Waals surface area contributed by atoms with Gasteiger partial charge in [-0.15, -0.1) is 10.2 Å². The van der Waals surface area contributed by atoms with Gasteiger partial charge in [0, 0.05) is 24.6 Å². The lowest BCUT2D eigenvalue weighted by atomic mass is 10.1. The van der Waals surface area contributed by atoms with Gasteiger partial charge in [-0.25, -0.2) is 9.37 Å². The van der Waals surface area contributed by atoms with E-state index in [1.807, 2.05) is 0 Å². The Morgan fingerprint density at radius 3 is 2.34 bits per heavy atom.